The number of rotatable bonds is 6. The molecule has 0 N–H and O–H groups in total. The van der Waals surface area contributed by atoms with Gasteiger partial charge in [0.15, 0.2) is 17.3 Å². The molecule has 0 bridgehead atoms. The molecule has 2 aromatic carbocycles. The van der Waals surface area contributed by atoms with E-state index < -0.39 is 0 Å². The highest BCUT2D eigenvalue weighted by Crippen LogP contribution is 2.28. The molecule has 1 aromatic heterocycles. The number of nitrogens with zero attached hydrogens (tertiary/aromatic N) is 1. The first kappa shape index (κ1) is 14.5. The summed E-state index contributed by atoms with van der Waals surface area (Å²) in [6.07, 6.45) is 2.19. The first-order valence-corrected chi connectivity index (χ1v) is 7.71. The monoisotopic (exact) mass is 293 g/mol. The fourth-order valence-electron chi connectivity index (χ4n) is 2.64. The number of fused-ring (bicyclic) bond motifs is 1. The van der Waals surface area contributed by atoms with Crippen molar-refractivity contribution in [3.05, 3.63) is 66.1 Å². The fourth-order valence-corrected chi connectivity index (χ4v) is 2.64. The minimum atomic E-state index is 0.176. The Bertz CT molecular complexity index is 728. The minimum Gasteiger partial charge on any atom is -0.440 e. The fraction of sp³-hybridized carbons (Fsp3) is 0.263. The first-order chi connectivity index (χ1) is 10.8. The summed E-state index contributed by atoms with van der Waals surface area (Å²) in [5, 5.41) is 0. The second-order valence-electron chi connectivity index (χ2n) is 5.45. The van der Waals surface area contributed by atoms with Crippen molar-refractivity contribution in [2.24, 2.45) is 0 Å². The van der Waals surface area contributed by atoms with Crippen LogP contribution in [0.2, 0.25) is 0 Å². The van der Waals surface area contributed by atoms with Crippen LogP contribution in [-0.2, 0) is 0 Å². The Morgan fingerprint density at radius 1 is 1.09 bits per heavy atom. The summed E-state index contributed by atoms with van der Waals surface area (Å²) < 4.78 is 5.84. The van der Waals surface area contributed by atoms with E-state index in [1.165, 1.54) is 0 Å². The highest BCUT2D eigenvalue weighted by Gasteiger charge is 2.18. The van der Waals surface area contributed by atoms with Crippen LogP contribution in [0.1, 0.15) is 48.4 Å². The molecule has 1 atom stereocenters. The number of ketones is 1. The van der Waals surface area contributed by atoms with E-state index >= 15 is 0 Å². The number of hydrogen-bond donors (Lipinski definition) is 0. The highest BCUT2D eigenvalue weighted by molar-refractivity contribution is 5.95. The van der Waals surface area contributed by atoms with Gasteiger partial charge >= 0.3 is 0 Å². The molecule has 0 radical (unpaired) electrons. The minimum absolute atomic E-state index is 0.176. The number of oxazole rings is 1. The maximum absolute atomic E-state index is 12.2. The predicted octanol–water partition coefficient (Wildman–Crippen LogP) is 4.98. The SMILES string of the molecule is CCC(CCC(=O)c1ccccc1)c1nc2ccccc2o1. The lowest BCUT2D eigenvalue weighted by Crippen LogP contribution is -2.04. The lowest BCUT2D eigenvalue weighted by atomic mass is 9.96. The summed E-state index contributed by atoms with van der Waals surface area (Å²) in [6.45, 7) is 2.10. The molecule has 1 heterocycles. The quantitative estimate of drug-likeness (QED) is 0.602. The lowest BCUT2D eigenvalue weighted by molar-refractivity contribution is 0.0976. The van der Waals surface area contributed by atoms with Crippen molar-refractivity contribution < 1.29 is 9.21 Å². The standard InChI is InChI=1S/C19H19NO2/c1-2-14(12-13-17(21)15-8-4-3-5-9-15)19-20-16-10-6-7-11-18(16)22-19/h3-11,14H,2,12-13H2,1H3. The van der Waals surface area contributed by atoms with Crippen LogP contribution in [0.15, 0.2) is 59.0 Å². The molecule has 112 valence electrons. The molecule has 0 spiro atoms. The van der Waals surface area contributed by atoms with Crippen molar-refractivity contribution in [3.8, 4) is 0 Å². The van der Waals surface area contributed by atoms with Crippen LogP contribution in [0.5, 0.6) is 0 Å². The second kappa shape index (κ2) is 6.56. The number of aromatic nitrogens is 1. The lowest BCUT2D eigenvalue weighted by Gasteiger charge is -2.10. The Kier molecular flexibility index (Phi) is 4.33. The van der Waals surface area contributed by atoms with Gasteiger partial charge in [0, 0.05) is 17.9 Å². The van der Waals surface area contributed by atoms with E-state index in [0.717, 1.165) is 35.4 Å². The van der Waals surface area contributed by atoms with Gasteiger partial charge in [-0.05, 0) is 25.0 Å². The molecule has 0 fully saturated rings. The number of Topliss-reactive ketones (excluding diaryl/α,β-unsaturated/α-hetero) is 1. The van der Waals surface area contributed by atoms with Gasteiger partial charge in [-0.15, -0.1) is 0 Å². The summed E-state index contributed by atoms with van der Waals surface area (Å²) >= 11 is 0. The van der Waals surface area contributed by atoms with Crippen LogP contribution in [-0.4, -0.2) is 10.8 Å². The zero-order chi connectivity index (χ0) is 15.4. The molecule has 0 saturated carbocycles. The molecule has 0 amide bonds. The Balaban J connectivity index is 1.70. The number of hydrogen-bond acceptors (Lipinski definition) is 3. The van der Waals surface area contributed by atoms with Crippen molar-refractivity contribution >= 4 is 16.9 Å². The van der Waals surface area contributed by atoms with Crippen LogP contribution >= 0.6 is 0 Å². The van der Waals surface area contributed by atoms with E-state index in [1.807, 2.05) is 54.6 Å². The molecular weight excluding hydrogens is 274 g/mol. The largest absolute Gasteiger partial charge is 0.440 e. The molecule has 22 heavy (non-hydrogen) atoms. The zero-order valence-corrected chi connectivity index (χ0v) is 12.7. The van der Waals surface area contributed by atoms with Crippen LogP contribution in [0.4, 0.5) is 0 Å². The van der Waals surface area contributed by atoms with Crippen molar-refractivity contribution in [1.29, 1.82) is 0 Å². The summed E-state index contributed by atoms with van der Waals surface area (Å²) in [4.78, 5) is 16.8. The van der Waals surface area contributed by atoms with Gasteiger partial charge < -0.3 is 4.42 Å². The third-order valence-electron chi connectivity index (χ3n) is 3.97. The molecule has 3 heteroatoms. The third kappa shape index (κ3) is 3.08. The molecule has 0 aliphatic rings. The van der Waals surface area contributed by atoms with E-state index in [1.54, 1.807) is 0 Å². The van der Waals surface area contributed by atoms with E-state index in [0.29, 0.717) is 6.42 Å². The van der Waals surface area contributed by atoms with Gasteiger partial charge in [0.1, 0.15) is 5.52 Å². The number of carbonyl (C=O) groups excluding carboxylic acids is 1. The van der Waals surface area contributed by atoms with E-state index in [9.17, 15) is 4.79 Å². The van der Waals surface area contributed by atoms with Crippen LogP contribution in [0, 0.1) is 0 Å². The number of benzene rings is 2. The molecule has 3 rings (SSSR count). The Hall–Kier alpha value is -2.42. The first-order valence-electron chi connectivity index (χ1n) is 7.71. The zero-order valence-electron chi connectivity index (χ0n) is 12.7. The number of carbonyl (C=O) groups is 1. The van der Waals surface area contributed by atoms with Gasteiger partial charge in [-0.3, -0.25) is 4.79 Å². The van der Waals surface area contributed by atoms with E-state index in [2.05, 4.69) is 11.9 Å². The van der Waals surface area contributed by atoms with Gasteiger partial charge in [-0.25, -0.2) is 4.98 Å². The molecule has 3 nitrogen and oxygen atoms in total. The van der Waals surface area contributed by atoms with Gasteiger partial charge in [0.05, 0.1) is 0 Å². The van der Waals surface area contributed by atoms with Crippen LogP contribution in [0.25, 0.3) is 11.1 Å². The summed E-state index contributed by atoms with van der Waals surface area (Å²) in [7, 11) is 0. The van der Waals surface area contributed by atoms with Gasteiger partial charge in [0.2, 0.25) is 0 Å². The van der Waals surface area contributed by atoms with Crippen molar-refractivity contribution in [2.45, 2.75) is 32.1 Å². The normalized spacial score (nSPS) is 12.4. The summed E-state index contributed by atoms with van der Waals surface area (Å²) in [5.41, 5.74) is 2.46. The summed E-state index contributed by atoms with van der Waals surface area (Å²) in [5.74, 6) is 1.10. The van der Waals surface area contributed by atoms with E-state index in [4.69, 9.17) is 4.42 Å². The Labute approximate surface area is 130 Å². The molecular formula is C19H19NO2. The molecule has 0 saturated heterocycles. The molecule has 3 aromatic rings. The van der Waals surface area contributed by atoms with Crippen LogP contribution in [0.3, 0.4) is 0 Å². The Morgan fingerprint density at radius 2 is 1.82 bits per heavy atom. The van der Waals surface area contributed by atoms with Crippen molar-refractivity contribution in [2.75, 3.05) is 0 Å². The Morgan fingerprint density at radius 3 is 2.55 bits per heavy atom. The van der Waals surface area contributed by atoms with Gasteiger partial charge in [-0.1, -0.05) is 49.4 Å². The third-order valence-corrected chi connectivity index (χ3v) is 3.97. The summed E-state index contributed by atoms with van der Waals surface area (Å²) in [6, 6.07) is 17.2. The number of para-hydroxylation sites is 2. The maximum Gasteiger partial charge on any atom is 0.198 e. The topological polar surface area (TPSA) is 43.1 Å². The second-order valence-corrected chi connectivity index (χ2v) is 5.45. The van der Waals surface area contributed by atoms with Crippen molar-refractivity contribution in [3.63, 3.8) is 0 Å². The average molecular weight is 293 g/mol. The molecule has 1 unspecified atom stereocenters. The smallest absolute Gasteiger partial charge is 0.198 e. The molecule has 0 aliphatic carbocycles. The van der Waals surface area contributed by atoms with E-state index in [-0.39, 0.29) is 11.7 Å². The van der Waals surface area contributed by atoms with Crippen molar-refractivity contribution in [1.82, 2.24) is 4.98 Å². The predicted molar refractivity (Wildman–Crippen MR) is 87.0 cm³/mol. The maximum atomic E-state index is 12.2. The van der Waals surface area contributed by atoms with Gasteiger partial charge in [0.25, 0.3) is 0 Å². The highest BCUT2D eigenvalue weighted by atomic mass is 16.3. The van der Waals surface area contributed by atoms with Crippen LogP contribution < -0.4 is 0 Å². The van der Waals surface area contributed by atoms with Gasteiger partial charge in [-0.2, -0.15) is 0 Å². The average Bonchev–Trinajstić information content (AvgIpc) is 3.00. The molecule has 0 aliphatic heterocycles.